The smallest absolute Gasteiger partial charge is 0.246 e. The Bertz CT molecular complexity index is 1190. The highest BCUT2D eigenvalue weighted by Crippen LogP contribution is 2.35. The molecule has 8 nitrogen and oxygen atoms in total. The number of nitrogens with two attached hydrogens (primary N) is 1. The first-order valence-electron chi connectivity index (χ1n) is 8.60. The van der Waals surface area contributed by atoms with Crippen molar-refractivity contribution in [2.24, 2.45) is 5.14 Å². The Morgan fingerprint density at radius 2 is 1.87 bits per heavy atom. The Balaban J connectivity index is 2.05. The van der Waals surface area contributed by atoms with E-state index in [-0.39, 0.29) is 34.4 Å². The highest BCUT2D eigenvalue weighted by atomic mass is 35.5. The summed E-state index contributed by atoms with van der Waals surface area (Å²) in [5.74, 6) is -0.650. The zero-order valence-electron chi connectivity index (χ0n) is 15.7. The maximum Gasteiger partial charge on any atom is 0.246 e. The average molecular weight is 454 g/mol. The number of rotatable bonds is 6. The molecule has 30 heavy (non-hydrogen) atoms. The van der Waals surface area contributed by atoms with Crippen molar-refractivity contribution in [3.63, 3.8) is 0 Å². The summed E-state index contributed by atoms with van der Waals surface area (Å²) in [6.45, 7) is 0. The van der Waals surface area contributed by atoms with Crippen LogP contribution in [-0.4, -0.2) is 36.6 Å². The van der Waals surface area contributed by atoms with Gasteiger partial charge in [-0.25, -0.2) is 28.0 Å². The van der Waals surface area contributed by atoms with Crippen molar-refractivity contribution in [3.05, 3.63) is 59.2 Å². The van der Waals surface area contributed by atoms with Crippen molar-refractivity contribution < 1.29 is 27.2 Å². The molecule has 0 saturated carbocycles. The third kappa shape index (κ3) is 4.85. The van der Waals surface area contributed by atoms with E-state index < -0.39 is 21.7 Å². The lowest BCUT2D eigenvalue weighted by molar-refractivity contribution is -0.159. The number of sulfonamides is 1. The third-order valence-corrected chi connectivity index (χ3v) is 5.44. The Kier molecular flexibility index (Phi) is 6.22. The number of nitrogens with zero attached hydrogens (tertiary/aromatic N) is 2. The van der Waals surface area contributed by atoms with Crippen molar-refractivity contribution in [1.29, 1.82) is 0 Å². The van der Waals surface area contributed by atoms with E-state index >= 15 is 0 Å². The fourth-order valence-corrected chi connectivity index (χ4v) is 3.37. The predicted molar refractivity (Wildman–Crippen MR) is 107 cm³/mol. The van der Waals surface area contributed by atoms with Crippen LogP contribution in [0, 0.1) is 5.82 Å². The van der Waals surface area contributed by atoms with E-state index in [0.29, 0.717) is 21.9 Å². The van der Waals surface area contributed by atoms with E-state index in [2.05, 4.69) is 4.98 Å². The van der Waals surface area contributed by atoms with E-state index in [1.165, 1.54) is 49.5 Å². The molecule has 0 spiro atoms. The van der Waals surface area contributed by atoms with Gasteiger partial charge in [0.1, 0.15) is 11.5 Å². The molecule has 3 rings (SSSR count). The van der Waals surface area contributed by atoms with Crippen LogP contribution in [0.4, 0.5) is 4.39 Å². The van der Waals surface area contributed by atoms with Gasteiger partial charge in [0.25, 0.3) is 0 Å². The first-order chi connectivity index (χ1) is 14.1. The van der Waals surface area contributed by atoms with Crippen LogP contribution in [0.25, 0.3) is 22.6 Å². The molecule has 0 unspecified atom stereocenters. The van der Waals surface area contributed by atoms with Crippen molar-refractivity contribution in [3.8, 4) is 22.6 Å². The van der Waals surface area contributed by atoms with Gasteiger partial charge in [-0.2, -0.15) is 0 Å². The minimum atomic E-state index is -3.87. The van der Waals surface area contributed by atoms with Gasteiger partial charge in [-0.15, -0.1) is 0 Å². The number of primary sulfonamides is 1. The summed E-state index contributed by atoms with van der Waals surface area (Å²) < 4.78 is 42.3. The van der Waals surface area contributed by atoms with Crippen LogP contribution in [0.3, 0.4) is 0 Å². The number of hydroxylamine groups is 2. The molecule has 0 fully saturated rings. The fraction of sp³-hybridized carbons (Fsp3) is 0.158. The molecule has 0 aliphatic rings. The maximum atomic E-state index is 13.6. The van der Waals surface area contributed by atoms with E-state index in [1.807, 2.05) is 0 Å². The van der Waals surface area contributed by atoms with Gasteiger partial charge in [-0.3, -0.25) is 10.0 Å². The number of oxazole rings is 1. The Morgan fingerprint density at radius 3 is 2.43 bits per heavy atom. The van der Waals surface area contributed by atoms with Crippen molar-refractivity contribution in [2.75, 3.05) is 7.05 Å². The first kappa shape index (κ1) is 21.9. The highest BCUT2D eigenvalue weighted by molar-refractivity contribution is 7.89. The summed E-state index contributed by atoms with van der Waals surface area (Å²) >= 11 is 5.89. The van der Waals surface area contributed by atoms with Crippen LogP contribution in [0.2, 0.25) is 5.02 Å². The molecular formula is C19H17ClFN3O5S. The van der Waals surface area contributed by atoms with Crippen LogP contribution < -0.4 is 5.14 Å². The molecule has 1 aromatic heterocycles. The Labute approximate surface area is 176 Å². The molecule has 3 aromatic rings. The maximum absolute atomic E-state index is 13.6. The van der Waals surface area contributed by atoms with Gasteiger partial charge in [0.15, 0.2) is 11.7 Å². The fourth-order valence-electron chi connectivity index (χ4n) is 2.68. The minimum absolute atomic E-state index is 0.0546. The number of aryl methyl sites for hydroxylation is 1. The molecule has 1 heterocycles. The van der Waals surface area contributed by atoms with Crippen molar-refractivity contribution in [2.45, 2.75) is 17.7 Å². The van der Waals surface area contributed by atoms with E-state index in [4.69, 9.17) is 21.2 Å². The van der Waals surface area contributed by atoms with Gasteiger partial charge >= 0.3 is 0 Å². The van der Waals surface area contributed by atoms with E-state index in [1.54, 1.807) is 0 Å². The second kappa shape index (κ2) is 8.52. The van der Waals surface area contributed by atoms with E-state index in [9.17, 15) is 22.8 Å². The number of hydrogen-bond acceptors (Lipinski definition) is 6. The molecule has 0 aliphatic carbocycles. The van der Waals surface area contributed by atoms with E-state index in [0.717, 1.165) is 0 Å². The molecule has 0 aliphatic heterocycles. The summed E-state index contributed by atoms with van der Waals surface area (Å²) in [6, 6.07) is 9.66. The molecular weight excluding hydrogens is 437 g/mol. The molecule has 0 saturated heterocycles. The lowest BCUT2D eigenvalue weighted by Gasteiger charge is -2.06. The van der Waals surface area contributed by atoms with Crippen LogP contribution >= 0.6 is 11.6 Å². The normalized spacial score (nSPS) is 11.5. The molecule has 158 valence electrons. The monoisotopic (exact) mass is 453 g/mol. The van der Waals surface area contributed by atoms with Crippen LogP contribution in [0.1, 0.15) is 12.3 Å². The molecule has 11 heteroatoms. The molecule has 3 N–H and O–H groups in total. The quantitative estimate of drug-likeness (QED) is 0.435. The lowest BCUT2D eigenvalue weighted by Crippen LogP contribution is -2.22. The number of aromatic nitrogens is 1. The number of amides is 1. The third-order valence-electron chi connectivity index (χ3n) is 4.22. The molecule has 2 aromatic carbocycles. The summed E-state index contributed by atoms with van der Waals surface area (Å²) in [6.07, 6.45) is 0.0435. The molecule has 1 amide bonds. The number of hydrogen-bond donors (Lipinski definition) is 2. The van der Waals surface area contributed by atoms with Gasteiger partial charge in [0.05, 0.1) is 9.92 Å². The SMILES string of the molecule is CN(O)C(=O)CCc1nc(-c2ccc(F)c(Cl)c2)c(-c2ccc(S(N)(=O)=O)cc2)o1. The van der Waals surface area contributed by atoms with Gasteiger partial charge in [-0.05, 0) is 42.5 Å². The van der Waals surface area contributed by atoms with Crippen LogP contribution in [-0.2, 0) is 21.2 Å². The average Bonchev–Trinajstić information content (AvgIpc) is 3.12. The van der Waals surface area contributed by atoms with Crippen LogP contribution in [0.15, 0.2) is 51.8 Å². The molecule has 0 bridgehead atoms. The second-order valence-corrected chi connectivity index (χ2v) is 8.37. The Morgan fingerprint density at radius 1 is 1.23 bits per heavy atom. The number of carbonyl (C=O) groups is 1. The van der Waals surface area contributed by atoms with Gasteiger partial charge in [-0.1, -0.05) is 11.6 Å². The second-order valence-electron chi connectivity index (χ2n) is 6.40. The zero-order valence-corrected chi connectivity index (χ0v) is 17.2. The topological polar surface area (TPSA) is 127 Å². The summed E-state index contributed by atoms with van der Waals surface area (Å²) in [4.78, 5) is 16.0. The van der Waals surface area contributed by atoms with Gasteiger partial charge in [0, 0.05) is 31.0 Å². The highest BCUT2D eigenvalue weighted by Gasteiger charge is 2.20. The van der Waals surface area contributed by atoms with Crippen molar-refractivity contribution in [1.82, 2.24) is 10.0 Å². The largest absolute Gasteiger partial charge is 0.440 e. The molecule has 0 atom stereocenters. The predicted octanol–water partition coefficient (Wildman–Crippen LogP) is 3.23. The van der Waals surface area contributed by atoms with Crippen molar-refractivity contribution >= 4 is 27.5 Å². The van der Waals surface area contributed by atoms with Gasteiger partial charge in [0.2, 0.25) is 15.9 Å². The van der Waals surface area contributed by atoms with Crippen LogP contribution in [0.5, 0.6) is 0 Å². The standard InChI is InChI=1S/C19H17ClFN3O5S/c1-24(26)17(25)9-8-16-23-18(12-4-7-15(21)14(20)10-12)19(29-16)11-2-5-13(6-3-11)30(22,27)28/h2-7,10,26H,8-9H2,1H3,(H2,22,27,28). The Hall–Kier alpha value is -2.79. The zero-order chi connectivity index (χ0) is 22.1. The number of benzene rings is 2. The number of carbonyl (C=O) groups excluding carboxylic acids is 1. The van der Waals surface area contributed by atoms with Gasteiger partial charge < -0.3 is 4.42 Å². The summed E-state index contributed by atoms with van der Waals surface area (Å²) in [5, 5.41) is 14.7. The number of halogens is 2. The summed E-state index contributed by atoms with van der Waals surface area (Å²) in [5.41, 5.74) is 1.29. The molecule has 0 radical (unpaired) electrons. The minimum Gasteiger partial charge on any atom is -0.440 e. The lowest BCUT2D eigenvalue weighted by atomic mass is 10.1. The first-order valence-corrected chi connectivity index (χ1v) is 10.5. The summed E-state index contributed by atoms with van der Waals surface area (Å²) in [7, 11) is -2.66.